The molecular weight excluding hydrogens is 1490 g/mol. The Labute approximate surface area is 635 Å². The summed E-state index contributed by atoms with van der Waals surface area (Å²) in [6.07, 6.45) is -6.98. The average Bonchev–Trinajstić information content (AvgIpc) is 0.822. The number of aromatic nitrogens is 4. The number of pyridine rings is 4. The lowest BCUT2D eigenvalue weighted by atomic mass is 9.99. The molecule has 4 aromatic heterocycles. The number of hydrogen-bond donors (Lipinski definition) is 6. The molecule has 5 aliphatic heterocycles. The van der Waals surface area contributed by atoms with Crippen LogP contribution in [-0.4, -0.2) is 156 Å². The van der Waals surface area contributed by atoms with Gasteiger partial charge in [0.25, 0.3) is 0 Å². The van der Waals surface area contributed by atoms with Crippen LogP contribution >= 0.6 is 34.8 Å². The maximum atomic E-state index is 12.8. The molecule has 5 aliphatic rings. The van der Waals surface area contributed by atoms with Gasteiger partial charge in [-0.15, -0.1) is 39.5 Å². The highest BCUT2D eigenvalue weighted by atomic mass is 35.5. The molecule has 0 radical (unpaired) electrons. The van der Waals surface area contributed by atoms with Crippen molar-refractivity contribution in [2.24, 2.45) is 11.8 Å². The third-order valence-electron chi connectivity index (χ3n) is 19.0. The molecule has 21 nitrogen and oxygen atoms in total. The SMILES string of the molecule is Cc1cc(Cl)cc(Cl)[n+]1O.Cc1cc(Cl)cc(N[C@H]2CCN(C(=O)Cc3ccc(OC(F)(F)F)cc3)C2)[n+]1O.Cc1cc(N2CCC(C)CC2)cc(N[C@H]2CCN(C(=O)Cc3ccc(OC(F)(F)F)cc3)C2)[n+]1O.Cc1cc(N2CCC(C)CC2)cc(N[C@H]2CCN(C(=O)Cc3ccc(OC(F)(F)F)cc3)C2)n1. The van der Waals surface area contributed by atoms with Gasteiger partial charge in [-0.05, 0) is 131 Å². The molecule has 12 rings (SSSR count). The van der Waals surface area contributed by atoms with Crippen LogP contribution in [0.5, 0.6) is 17.2 Å². The maximum Gasteiger partial charge on any atom is 0.573 e. The first-order chi connectivity index (χ1) is 50.9. The number of halogens is 12. The van der Waals surface area contributed by atoms with Crippen molar-refractivity contribution in [3.8, 4) is 17.2 Å². The quantitative estimate of drug-likeness (QED) is 0.0216. The number of carbonyl (C=O) groups is 3. The summed E-state index contributed by atoms with van der Waals surface area (Å²) in [5, 5.41) is 41.0. The Hall–Kier alpha value is -9.29. The summed E-state index contributed by atoms with van der Waals surface area (Å²) in [6.45, 7) is 19.2. The number of nitrogens with one attached hydrogen (secondary N) is 3. The van der Waals surface area contributed by atoms with Gasteiger partial charge in [0.05, 0.1) is 48.5 Å². The minimum absolute atomic E-state index is 0.0176. The Balaban J connectivity index is 0.000000176. The lowest BCUT2D eigenvalue weighted by molar-refractivity contribution is -0.907. The first-order valence-corrected chi connectivity index (χ1v) is 36.5. The molecule has 3 atom stereocenters. The Kier molecular flexibility index (Phi) is 28.2. The predicted octanol–water partition coefficient (Wildman–Crippen LogP) is 13.8. The van der Waals surface area contributed by atoms with E-state index in [1.165, 1.54) is 97.4 Å². The van der Waals surface area contributed by atoms with E-state index >= 15 is 0 Å². The summed E-state index contributed by atoms with van der Waals surface area (Å²) in [7, 11) is 0. The highest BCUT2D eigenvalue weighted by Crippen LogP contribution is 2.32. The Morgan fingerprint density at radius 2 is 0.778 bits per heavy atom. The number of benzene rings is 3. The molecule has 0 unspecified atom stereocenters. The van der Waals surface area contributed by atoms with Crippen LogP contribution in [0.1, 0.15) is 98.3 Å². The molecule has 33 heteroatoms. The van der Waals surface area contributed by atoms with E-state index in [2.05, 4.69) is 70.9 Å². The third kappa shape index (κ3) is 25.4. The number of rotatable bonds is 17. The number of aryl methyl sites for hydroxylation is 4. The zero-order valence-electron chi connectivity index (χ0n) is 60.4. The number of amides is 3. The largest absolute Gasteiger partial charge is 0.573 e. The fraction of sp³-hybridized carbons (Fsp3) is 0.453. The number of hydrogen-bond acceptors (Lipinski definition) is 15. The topological polar surface area (TPSA) is 216 Å². The van der Waals surface area contributed by atoms with Gasteiger partial charge >= 0.3 is 35.9 Å². The van der Waals surface area contributed by atoms with E-state index in [-0.39, 0.29) is 77.5 Å². The lowest BCUT2D eigenvalue weighted by Gasteiger charge is -2.32. The van der Waals surface area contributed by atoms with Gasteiger partial charge in [0, 0.05) is 150 Å². The summed E-state index contributed by atoms with van der Waals surface area (Å²) < 4.78 is 125. The van der Waals surface area contributed by atoms with E-state index in [1.807, 2.05) is 26.0 Å². The second-order valence-corrected chi connectivity index (χ2v) is 29.0. The number of piperidine rings is 2. The van der Waals surface area contributed by atoms with E-state index in [0.29, 0.717) is 95.4 Å². The van der Waals surface area contributed by atoms with Crippen LogP contribution in [-0.2, 0) is 33.6 Å². The van der Waals surface area contributed by atoms with E-state index < -0.39 is 19.1 Å². The van der Waals surface area contributed by atoms with E-state index in [0.717, 1.165) is 101 Å². The summed E-state index contributed by atoms with van der Waals surface area (Å²) in [6, 6.07) is 30.6. The van der Waals surface area contributed by atoms with Crippen molar-refractivity contribution in [3.63, 3.8) is 0 Å². The Bertz CT molecular complexity index is 4170. The molecule has 0 aliphatic carbocycles. The predicted molar refractivity (Wildman–Crippen MR) is 387 cm³/mol. The summed E-state index contributed by atoms with van der Waals surface area (Å²) in [4.78, 5) is 52.6. The maximum absolute atomic E-state index is 12.8. The molecule has 584 valence electrons. The zero-order valence-corrected chi connectivity index (χ0v) is 62.7. The number of nitrogens with zero attached hydrogens (tertiary/aromatic N) is 9. The van der Waals surface area contributed by atoms with Crippen LogP contribution < -0.4 is 54.2 Å². The van der Waals surface area contributed by atoms with Gasteiger partial charge in [0.2, 0.25) is 23.4 Å². The fourth-order valence-corrected chi connectivity index (χ4v) is 13.9. The van der Waals surface area contributed by atoms with Gasteiger partial charge in [0.1, 0.15) is 46.5 Å². The summed E-state index contributed by atoms with van der Waals surface area (Å²) >= 11 is 17.2. The molecule has 0 bridgehead atoms. The van der Waals surface area contributed by atoms with Gasteiger partial charge in [-0.25, -0.2) is 4.98 Å². The van der Waals surface area contributed by atoms with Crippen molar-refractivity contribution in [1.82, 2.24) is 19.7 Å². The molecule has 3 amide bonds. The second kappa shape index (κ2) is 36.7. The lowest BCUT2D eigenvalue weighted by Crippen LogP contribution is -2.42. The van der Waals surface area contributed by atoms with Gasteiger partial charge in [-0.2, -0.15) is 0 Å². The van der Waals surface area contributed by atoms with Crippen LogP contribution in [0.4, 0.5) is 68.3 Å². The number of carbonyl (C=O) groups excluding carboxylic acids is 3. The Morgan fingerprint density at radius 3 is 1.15 bits per heavy atom. The van der Waals surface area contributed by atoms with Crippen molar-refractivity contribution in [2.45, 2.75) is 143 Å². The number of anilines is 5. The van der Waals surface area contributed by atoms with Crippen LogP contribution in [0.2, 0.25) is 15.2 Å². The monoisotopic (exact) mass is 1580 g/mol. The minimum Gasteiger partial charge on any atom is -0.406 e. The molecular formula is C75H89Cl3F9N12O9+3. The van der Waals surface area contributed by atoms with Crippen LogP contribution in [0.25, 0.3) is 0 Å². The van der Waals surface area contributed by atoms with Gasteiger partial charge in [-0.3, -0.25) is 30.2 Å². The highest BCUT2D eigenvalue weighted by Gasteiger charge is 2.36. The van der Waals surface area contributed by atoms with E-state index in [9.17, 15) is 64.3 Å². The molecule has 3 aromatic carbocycles. The first-order valence-electron chi connectivity index (χ1n) is 35.3. The van der Waals surface area contributed by atoms with E-state index in [4.69, 9.17) is 40.0 Å². The third-order valence-corrected chi connectivity index (χ3v) is 19.7. The minimum atomic E-state index is -4.75. The molecule has 9 heterocycles. The fourth-order valence-electron chi connectivity index (χ4n) is 13.1. The summed E-state index contributed by atoms with van der Waals surface area (Å²) in [5.74, 6) is 2.16. The zero-order chi connectivity index (χ0) is 78.4. The van der Waals surface area contributed by atoms with Crippen LogP contribution in [0, 0.1) is 39.5 Å². The van der Waals surface area contributed by atoms with Crippen molar-refractivity contribution < 1.29 is 97.9 Å². The van der Waals surface area contributed by atoms with Crippen molar-refractivity contribution in [2.75, 3.05) is 91.2 Å². The van der Waals surface area contributed by atoms with Crippen LogP contribution in [0.15, 0.2) is 121 Å². The van der Waals surface area contributed by atoms with Gasteiger partial charge in [0.15, 0.2) is 0 Å². The normalized spacial score (nSPS) is 17.7. The highest BCUT2D eigenvalue weighted by molar-refractivity contribution is 6.33. The number of alkyl halides is 9. The number of ether oxygens (including phenoxy) is 3. The molecule has 5 fully saturated rings. The van der Waals surface area contributed by atoms with Crippen molar-refractivity contribution in [3.05, 3.63) is 176 Å². The molecule has 0 spiro atoms. The average molecular weight is 1580 g/mol. The number of likely N-dealkylation sites (tertiary alicyclic amines) is 3. The van der Waals surface area contributed by atoms with Gasteiger partial charge < -0.3 is 54.4 Å². The van der Waals surface area contributed by atoms with Gasteiger partial charge in [-0.1, -0.05) is 73.4 Å². The molecule has 108 heavy (non-hydrogen) atoms. The van der Waals surface area contributed by atoms with Crippen LogP contribution in [0.3, 0.4) is 0 Å². The smallest absolute Gasteiger partial charge is 0.406 e. The molecule has 5 saturated heterocycles. The Morgan fingerprint density at radius 1 is 0.444 bits per heavy atom. The van der Waals surface area contributed by atoms with E-state index in [1.54, 1.807) is 46.7 Å². The summed E-state index contributed by atoms with van der Waals surface area (Å²) in [5.41, 5.74) is 7.00. The van der Waals surface area contributed by atoms with Crippen molar-refractivity contribution in [1.29, 1.82) is 0 Å². The standard InChI is InChI=1S/C25H31F3N4O3.C25H31F3N4O2.C19H19ClF3N3O3.C6H6Cl2NO/c1-17-7-10-30(11-8-17)21-13-18(2)32(34)23(15-21)29-20-9-12-31(16-20)24(33)14-19-3-5-22(6-4-19)35-25(26,27)28;1-17-7-10-31(11-8-17)21-13-18(2)29-23(15-21)30-20-9-12-32(16-20)24(33)14-19-3-5-22(6-4-19)34-25(26,27)28;1-12-8-14(20)10-17(26(12)28)24-15-6-7-25(11-15)18(27)9-13-2-4-16(5-3-13)29-19(21,22)23;1-4-2-5(7)3-6(8)9(4)10/h3-6,13,15,17,20,34H,7-12,14,16H2,1-2H3;3-6,13,15,17,20H,7-12,14,16H2,1-2H3,(H,29,30);2-5,8,10,15,28H,6-7,9,11H2,1H3;2-3,10H,1H3/q;;;+1/p+2/t2*20-;15-;/m000./s1. The molecule has 6 N–H and O–H groups in total. The second-order valence-electron chi connectivity index (χ2n) is 27.7. The molecule has 7 aromatic rings. The molecule has 0 saturated carbocycles. The van der Waals surface area contributed by atoms with Crippen molar-refractivity contribution >= 4 is 81.4 Å². The first kappa shape index (κ1) is 82.8.